The Hall–Kier alpha value is -1.55. The number of thiazole rings is 1. The van der Waals surface area contributed by atoms with Crippen LogP contribution in [-0.2, 0) is 6.61 Å². The number of hydrogen-bond acceptors (Lipinski definition) is 4. The zero-order valence-corrected chi connectivity index (χ0v) is 10.2. The number of nitrogen functional groups attached to an aromatic ring is 1. The predicted octanol–water partition coefficient (Wildman–Crippen LogP) is 2.92. The van der Waals surface area contributed by atoms with Crippen LogP contribution in [0.1, 0.15) is 16.3 Å². The first kappa shape index (κ1) is 11.0. The minimum atomic E-state index is 0.503. The summed E-state index contributed by atoms with van der Waals surface area (Å²) in [6.07, 6.45) is 0. The molecule has 0 fully saturated rings. The zero-order chi connectivity index (χ0) is 11.5. The molecule has 84 valence electrons. The van der Waals surface area contributed by atoms with Crippen LogP contribution in [0.15, 0.2) is 23.6 Å². The molecule has 2 rings (SSSR count). The van der Waals surface area contributed by atoms with Crippen LogP contribution in [0.3, 0.4) is 0 Å². The lowest BCUT2D eigenvalue weighted by atomic mass is 10.2. The maximum absolute atomic E-state index is 5.80. The summed E-state index contributed by atoms with van der Waals surface area (Å²) in [7, 11) is 0. The molecule has 0 aliphatic rings. The van der Waals surface area contributed by atoms with Crippen molar-refractivity contribution in [3.05, 3.63) is 39.8 Å². The van der Waals surface area contributed by atoms with Gasteiger partial charge in [0.2, 0.25) is 0 Å². The first-order valence-corrected chi connectivity index (χ1v) is 5.93. The fourth-order valence-corrected chi connectivity index (χ4v) is 2.08. The van der Waals surface area contributed by atoms with Gasteiger partial charge in [0.1, 0.15) is 17.4 Å². The Kier molecular flexibility index (Phi) is 3.10. The van der Waals surface area contributed by atoms with Crippen LogP contribution in [-0.4, -0.2) is 4.98 Å². The van der Waals surface area contributed by atoms with Crippen molar-refractivity contribution >= 4 is 17.0 Å². The van der Waals surface area contributed by atoms with Crippen molar-refractivity contribution in [2.24, 2.45) is 0 Å². The molecule has 3 nitrogen and oxygen atoms in total. The molecule has 0 aliphatic heterocycles. The van der Waals surface area contributed by atoms with Gasteiger partial charge in [0.05, 0.1) is 0 Å². The Bertz CT molecular complexity index is 494. The summed E-state index contributed by atoms with van der Waals surface area (Å²) in [5.41, 5.74) is 8.58. The highest BCUT2D eigenvalue weighted by atomic mass is 32.1. The number of nitrogens with zero attached hydrogens (tertiary/aromatic N) is 1. The third kappa shape index (κ3) is 2.33. The number of aromatic nitrogens is 1. The Morgan fingerprint density at radius 3 is 2.88 bits per heavy atom. The van der Waals surface area contributed by atoms with Crippen LogP contribution in [0.5, 0.6) is 5.75 Å². The molecule has 1 aromatic heterocycles. The molecule has 16 heavy (non-hydrogen) atoms. The standard InChI is InChI=1S/C12H14N2OS/c1-8-7-16-12(14-8)6-15-11-5-3-4-10(13)9(11)2/h3-5,7H,6,13H2,1-2H3. The number of aryl methyl sites for hydroxylation is 1. The van der Waals surface area contributed by atoms with Crippen LogP contribution >= 0.6 is 11.3 Å². The molecule has 2 N–H and O–H groups in total. The molecular formula is C12H14N2OS. The van der Waals surface area contributed by atoms with E-state index in [9.17, 15) is 0 Å². The molecule has 0 saturated carbocycles. The predicted molar refractivity (Wildman–Crippen MR) is 66.8 cm³/mol. The number of ether oxygens (including phenoxy) is 1. The molecule has 0 spiro atoms. The van der Waals surface area contributed by atoms with Gasteiger partial charge in [-0.05, 0) is 26.0 Å². The molecule has 4 heteroatoms. The number of anilines is 1. The molecule has 0 unspecified atom stereocenters. The van der Waals surface area contributed by atoms with E-state index in [4.69, 9.17) is 10.5 Å². The first-order chi connectivity index (χ1) is 7.66. The van der Waals surface area contributed by atoms with Crippen molar-refractivity contribution in [3.8, 4) is 5.75 Å². The van der Waals surface area contributed by atoms with Gasteiger partial charge >= 0.3 is 0 Å². The van der Waals surface area contributed by atoms with E-state index in [1.807, 2.05) is 37.4 Å². The monoisotopic (exact) mass is 234 g/mol. The average molecular weight is 234 g/mol. The third-order valence-corrected chi connectivity index (χ3v) is 3.28. The van der Waals surface area contributed by atoms with Crippen LogP contribution < -0.4 is 10.5 Å². The number of rotatable bonds is 3. The van der Waals surface area contributed by atoms with Gasteiger partial charge in [-0.3, -0.25) is 0 Å². The molecular weight excluding hydrogens is 220 g/mol. The van der Waals surface area contributed by atoms with Crippen molar-refractivity contribution < 1.29 is 4.74 Å². The molecule has 1 aromatic carbocycles. The summed E-state index contributed by atoms with van der Waals surface area (Å²) in [5, 5.41) is 3.00. The third-order valence-electron chi connectivity index (χ3n) is 2.34. The smallest absolute Gasteiger partial charge is 0.140 e. The maximum Gasteiger partial charge on any atom is 0.140 e. The largest absolute Gasteiger partial charge is 0.486 e. The Morgan fingerprint density at radius 1 is 1.38 bits per heavy atom. The SMILES string of the molecule is Cc1csc(COc2cccc(N)c2C)n1. The van der Waals surface area contributed by atoms with E-state index >= 15 is 0 Å². The minimum Gasteiger partial charge on any atom is -0.486 e. The molecule has 0 aliphatic carbocycles. The van der Waals surface area contributed by atoms with E-state index in [1.165, 1.54) is 0 Å². The topological polar surface area (TPSA) is 48.1 Å². The molecule has 0 amide bonds. The number of benzene rings is 1. The molecule has 0 radical (unpaired) electrons. The van der Waals surface area contributed by atoms with Gasteiger partial charge in [0.25, 0.3) is 0 Å². The summed E-state index contributed by atoms with van der Waals surface area (Å²) in [6.45, 7) is 4.44. The fourth-order valence-electron chi connectivity index (χ4n) is 1.40. The number of hydrogen-bond donors (Lipinski definition) is 1. The quantitative estimate of drug-likeness (QED) is 0.831. The van der Waals surface area contributed by atoms with Crippen molar-refractivity contribution in [2.75, 3.05) is 5.73 Å². The lowest BCUT2D eigenvalue weighted by molar-refractivity contribution is 0.303. The summed E-state index contributed by atoms with van der Waals surface area (Å²) < 4.78 is 5.68. The molecule has 2 aromatic rings. The van der Waals surface area contributed by atoms with Gasteiger partial charge < -0.3 is 10.5 Å². The van der Waals surface area contributed by atoms with Gasteiger partial charge in [-0.1, -0.05) is 6.07 Å². The second-order valence-corrected chi connectivity index (χ2v) is 4.58. The van der Waals surface area contributed by atoms with E-state index in [-0.39, 0.29) is 0 Å². The van der Waals surface area contributed by atoms with E-state index in [0.717, 1.165) is 27.7 Å². The van der Waals surface area contributed by atoms with Gasteiger partial charge in [-0.15, -0.1) is 11.3 Å². The molecule has 0 atom stereocenters. The van der Waals surface area contributed by atoms with E-state index < -0.39 is 0 Å². The summed E-state index contributed by atoms with van der Waals surface area (Å²) in [6, 6.07) is 5.69. The van der Waals surface area contributed by atoms with Crippen LogP contribution in [0, 0.1) is 13.8 Å². The van der Waals surface area contributed by atoms with E-state index in [0.29, 0.717) is 6.61 Å². The number of nitrogens with two attached hydrogens (primary N) is 1. The highest BCUT2D eigenvalue weighted by Gasteiger charge is 2.04. The summed E-state index contributed by atoms with van der Waals surface area (Å²) >= 11 is 1.61. The second-order valence-electron chi connectivity index (χ2n) is 3.64. The van der Waals surface area contributed by atoms with Crippen molar-refractivity contribution in [1.82, 2.24) is 4.98 Å². The molecule has 1 heterocycles. The Balaban J connectivity index is 2.07. The van der Waals surface area contributed by atoms with Gasteiger partial charge in [-0.2, -0.15) is 0 Å². The van der Waals surface area contributed by atoms with Crippen LogP contribution in [0.2, 0.25) is 0 Å². The van der Waals surface area contributed by atoms with Crippen LogP contribution in [0.25, 0.3) is 0 Å². The van der Waals surface area contributed by atoms with Gasteiger partial charge in [0, 0.05) is 22.3 Å². The Labute approximate surface area is 98.9 Å². The van der Waals surface area contributed by atoms with Gasteiger partial charge in [-0.25, -0.2) is 4.98 Å². The van der Waals surface area contributed by atoms with Gasteiger partial charge in [0.15, 0.2) is 0 Å². The first-order valence-electron chi connectivity index (χ1n) is 5.05. The summed E-state index contributed by atoms with van der Waals surface area (Å²) in [4.78, 5) is 4.34. The molecule has 0 saturated heterocycles. The fraction of sp³-hybridized carbons (Fsp3) is 0.250. The Morgan fingerprint density at radius 2 is 2.19 bits per heavy atom. The van der Waals surface area contributed by atoms with Crippen molar-refractivity contribution in [1.29, 1.82) is 0 Å². The average Bonchev–Trinajstić information content (AvgIpc) is 2.67. The summed E-state index contributed by atoms with van der Waals surface area (Å²) in [5.74, 6) is 0.827. The van der Waals surface area contributed by atoms with Crippen molar-refractivity contribution in [3.63, 3.8) is 0 Å². The zero-order valence-electron chi connectivity index (χ0n) is 9.36. The second kappa shape index (κ2) is 4.53. The van der Waals surface area contributed by atoms with Crippen LogP contribution in [0.4, 0.5) is 5.69 Å². The highest BCUT2D eigenvalue weighted by Crippen LogP contribution is 2.24. The van der Waals surface area contributed by atoms with E-state index in [2.05, 4.69) is 4.98 Å². The normalized spacial score (nSPS) is 10.4. The highest BCUT2D eigenvalue weighted by molar-refractivity contribution is 7.09. The minimum absolute atomic E-state index is 0.503. The lowest BCUT2D eigenvalue weighted by Crippen LogP contribution is -1.98. The van der Waals surface area contributed by atoms with E-state index in [1.54, 1.807) is 11.3 Å². The maximum atomic E-state index is 5.80. The van der Waals surface area contributed by atoms with Crippen molar-refractivity contribution in [2.45, 2.75) is 20.5 Å². The molecule has 0 bridgehead atoms. The lowest BCUT2D eigenvalue weighted by Gasteiger charge is -2.08.